The molecule has 2 rings (SSSR count). The summed E-state index contributed by atoms with van der Waals surface area (Å²) in [6.07, 6.45) is 0. The van der Waals surface area contributed by atoms with E-state index in [2.05, 4.69) is 5.32 Å². The third-order valence-electron chi connectivity index (χ3n) is 3.30. The van der Waals surface area contributed by atoms with E-state index in [9.17, 15) is 4.79 Å². The highest BCUT2D eigenvalue weighted by atomic mass is 16.1. The Morgan fingerprint density at radius 2 is 1.90 bits per heavy atom. The van der Waals surface area contributed by atoms with Gasteiger partial charge in [0.15, 0.2) is 0 Å². The summed E-state index contributed by atoms with van der Waals surface area (Å²) < 4.78 is 0. The quantitative estimate of drug-likeness (QED) is 0.894. The second-order valence-corrected chi connectivity index (χ2v) is 5.19. The van der Waals surface area contributed by atoms with Crippen LogP contribution in [0.15, 0.2) is 42.5 Å². The van der Waals surface area contributed by atoms with Crippen LogP contribution >= 0.6 is 0 Å². The molecule has 1 atom stereocenters. The van der Waals surface area contributed by atoms with E-state index in [1.54, 1.807) is 0 Å². The molecule has 1 amide bonds. The Morgan fingerprint density at radius 1 is 1.15 bits per heavy atom. The van der Waals surface area contributed by atoms with Gasteiger partial charge in [0.05, 0.1) is 0 Å². The Hall–Kier alpha value is -2.13. The lowest BCUT2D eigenvalue weighted by Gasteiger charge is -2.11. The lowest BCUT2D eigenvalue weighted by atomic mass is 10.0. The summed E-state index contributed by atoms with van der Waals surface area (Å²) in [5.74, 6) is -0.0932. The van der Waals surface area contributed by atoms with Crippen LogP contribution in [0.25, 0.3) is 0 Å². The molecule has 2 aromatic carbocycles. The molecule has 0 aromatic heterocycles. The third kappa shape index (κ3) is 3.25. The zero-order valence-corrected chi connectivity index (χ0v) is 12.1. The number of carbonyl (C=O) groups excluding carboxylic acids is 1. The molecule has 0 saturated carbocycles. The van der Waals surface area contributed by atoms with Gasteiger partial charge in [0.2, 0.25) is 0 Å². The van der Waals surface area contributed by atoms with Crippen molar-refractivity contribution in [3.05, 3.63) is 64.7 Å². The fourth-order valence-corrected chi connectivity index (χ4v) is 2.17. The van der Waals surface area contributed by atoms with E-state index in [4.69, 9.17) is 5.73 Å². The van der Waals surface area contributed by atoms with Gasteiger partial charge in [-0.2, -0.15) is 0 Å². The van der Waals surface area contributed by atoms with Crippen LogP contribution in [-0.2, 0) is 0 Å². The molecule has 0 aliphatic carbocycles. The van der Waals surface area contributed by atoms with Gasteiger partial charge >= 0.3 is 0 Å². The third-order valence-corrected chi connectivity index (χ3v) is 3.30. The Morgan fingerprint density at radius 3 is 2.55 bits per heavy atom. The molecule has 20 heavy (non-hydrogen) atoms. The van der Waals surface area contributed by atoms with Crippen LogP contribution in [0.2, 0.25) is 0 Å². The Balaban J connectivity index is 2.21. The van der Waals surface area contributed by atoms with Crippen molar-refractivity contribution in [2.24, 2.45) is 5.73 Å². The van der Waals surface area contributed by atoms with E-state index >= 15 is 0 Å². The fraction of sp³-hybridized carbons (Fsp3) is 0.235. The topological polar surface area (TPSA) is 55.1 Å². The zero-order chi connectivity index (χ0) is 14.7. The number of nitrogens with two attached hydrogens (primary N) is 1. The van der Waals surface area contributed by atoms with Crippen LogP contribution in [-0.4, -0.2) is 5.91 Å². The molecule has 0 fully saturated rings. The summed E-state index contributed by atoms with van der Waals surface area (Å²) in [5, 5.41) is 2.92. The van der Waals surface area contributed by atoms with Gasteiger partial charge in [0.25, 0.3) is 5.91 Å². The summed E-state index contributed by atoms with van der Waals surface area (Å²) in [7, 11) is 0. The van der Waals surface area contributed by atoms with Gasteiger partial charge in [-0.1, -0.05) is 29.8 Å². The number of hydrogen-bond acceptors (Lipinski definition) is 2. The van der Waals surface area contributed by atoms with E-state index in [0.29, 0.717) is 5.56 Å². The number of anilines is 1. The predicted octanol–water partition coefficient (Wildman–Crippen LogP) is 3.58. The summed E-state index contributed by atoms with van der Waals surface area (Å²) in [4.78, 5) is 12.3. The van der Waals surface area contributed by atoms with Gasteiger partial charge < -0.3 is 11.1 Å². The van der Waals surface area contributed by atoms with Gasteiger partial charge in [0.1, 0.15) is 0 Å². The van der Waals surface area contributed by atoms with Crippen molar-refractivity contribution in [2.75, 3.05) is 5.32 Å². The van der Waals surface area contributed by atoms with Crippen LogP contribution in [0.1, 0.15) is 40.0 Å². The molecule has 1 unspecified atom stereocenters. The molecule has 0 spiro atoms. The average Bonchev–Trinajstić information content (AvgIpc) is 2.38. The molecule has 0 aliphatic heterocycles. The smallest absolute Gasteiger partial charge is 0.255 e. The highest BCUT2D eigenvalue weighted by molar-refractivity contribution is 6.05. The summed E-state index contributed by atoms with van der Waals surface area (Å²) >= 11 is 0. The lowest BCUT2D eigenvalue weighted by Crippen LogP contribution is -2.14. The average molecular weight is 268 g/mol. The minimum atomic E-state index is -0.0932. The minimum absolute atomic E-state index is 0.0482. The maximum Gasteiger partial charge on any atom is 0.255 e. The zero-order valence-electron chi connectivity index (χ0n) is 12.1. The largest absolute Gasteiger partial charge is 0.324 e. The van der Waals surface area contributed by atoms with Gasteiger partial charge in [-0.3, -0.25) is 4.79 Å². The van der Waals surface area contributed by atoms with Crippen LogP contribution in [0.5, 0.6) is 0 Å². The van der Waals surface area contributed by atoms with Crippen LogP contribution in [0.3, 0.4) is 0 Å². The lowest BCUT2D eigenvalue weighted by molar-refractivity contribution is 0.102. The first kappa shape index (κ1) is 14.3. The molecule has 0 radical (unpaired) electrons. The molecule has 104 valence electrons. The highest BCUT2D eigenvalue weighted by Crippen LogP contribution is 2.17. The Kier molecular flexibility index (Phi) is 4.20. The summed E-state index contributed by atoms with van der Waals surface area (Å²) in [6.45, 7) is 5.88. The Labute approximate surface area is 119 Å². The Bertz CT molecular complexity index is 633. The molecule has 2 aromatic rings. The van der Waals surface area contributed by atoms with E-state index in [1.807, 2.05) is 63.2 Å². The van der Waals surface area contributed by atoms with Crippen molar-refractivity contribution >= 4 is 11.6 Å². The molecule has 3 heteroatoms. The fourth-order valence-electron chi connectivity index (χ4n) is 2.17. The van der Waals surface area contributed by atoms with Crippen molar-refractivity contribution in [3.63, 3.8) is 0 Å². The van der Waals surface area contributed by atoms with E-state index in [-0.39, 0.29) is 11.9 Å². The SMILES string of the molecule is Cc1ccc(C(=O)Nc2cccc(C(C)N)c2)c(C)c1. The highest BCUT2D eigenvalue weighted by Gasteiger charge is 2.10. The molecular formula is C17H20N2O. The van der Waals surface area contributed by atoms with Crippen molar-refractivity contribution in [1.29, 1.82) is 0 Å². The number of hydrogen-bond donors (Lipinski definition) is 2. The maximum atomic E-state index is 12.3. The van der Waals surface area contributed by atoms with Crippen LogP contribution in [0.4, 0.5) is 5.69 Å². The summed E-state index contributed by atoms with van der Waals surface area (Å²) in [6, 6.07) is 13.4. The second-order valence-electron chi connectivity index (χ2n) is 5.19. The molecule has 0 saturated heterocycles. The van der Waals surface area contributed by atoms with E-state index < -0.39 is 0 Å². The first-order valence-corrected chi connectivity index (χ1v) is 6.71. The molecule has 3 nitrogen and oxygen atoms in total. The predicted molar refractivity (Wildman–Crippen MR) is 82.9 cm³/mol. The number of amides is 1. The number of benzene rings is 2. The number of aryl methyl sites for hydroxylation is 2. The number of nitrogens with one attached hydrogen (secondary N) is 1. The van der Waals surface area contributed by atoms with Crippen molar-refractivity contribution in [2.45, 2.75) is 26.8 Å². The molecule has 0 bridgehead atoms. The first-order chi connectivity index (χ1) is 9.47. The van der Waals surface area contributed by atoms with E-state index in [0.717, 1.165) is 22.4 Å². The van der Waals surface area contributed by atoms with Crippen molar-refractivity contribution in [1.82, 2.24) is 0 Å². The second kappa shape index (κ2) is 5.88. The van der Waals surface area contributed by atoms with Crippen molar-refractivity contribution in [3.8, 4) is 0 Å². The van der Waals surface area contributed by atoms with Gasteiger partial charge in [0, 0.05) is 17.3 Å². The van der Waals surface area contributed by atoms with Crippen molar-refractivity contribution < 1.29 is 4.79 Å². The van der Waals surface area contributed by atoms with Gasteiger partial charge in [-0.15, -0.1) is 0 Å². The van der Waals surface area contributed by atoms with Crippen LogP contribution < -0.4 is 11.1 Å². The molecule has 3 N–H and O–H groups in total. The summed E-state index contributed by atoms with van der Waals surface area (Å²) in [5.41, 5.74) is 10.4. The minimum Gasteiger partial charge on any atom is -0.324 e. The standard InChI is InChI=1S/C17H20N2O/c1-11-7-8-16(12(2)9-11)17(20)19-15-6-4-5-14(10-15)13(3)18/h4-10,13H,18H2,1-3H3,(H,19,20). The maximum absolute atomic E-state index is 12.3. The van der Waals surface area contributed by atoms with E-state index in [1.165, 1.54) is 0 Å². The molecule has 0 aliphatic rings. The normalized spacial score (nSPS) is 12.0. The monoisotopic (exact) mass is 268 g/mol. The molecule has 0 heterocycles. The molecular weight excluding hydrogens is 248 g/mol. The van der Waals surface area contributed by atoms with Gasteiger partial charge in [-0.05, 0) is 50.1 Å². The number of carbonyl (C=O) groups is 1. The van der Waals surface area contributed by atoms with Crippen LogP contribution in [0, 0.1) is 13.8 Å². The first-order valence-electron chi connectivity index (χ1n) is 6.71. The number of rotatable bonds is 3. The van der Waals surface area contributed by atoms with Gasteiger partial charge in [-0.25, -0.2) is 0 Å².